The summed E-state index contributed by atoms with van der Waals surface area (Å²) in [7, 11) is 0. The summed E-state index contributed by atoms with van der Waals surface area (Å²) >= 11 is 0. The molecule has 0 atom stereocenters. The largest absolute Gasteiger partial charge is 0.461 e. The second-order valence-electron chi connectivity index (χ2n) is 4.87. The maximum atomic E-state index is 12.1. The molecule has 21 heavy (non-hydrogen) atoms. The van der Waals surface area contributed by atoms with E-state index in [2.05, 4.69) is 24.0 Å². The van der Waals surface area contributed by atoms with Crippen LogP contribution >= 0.6 is 0 Å². The lowest BCUT2D eigenvalue weighted by molar-refractivity contribution is -0.131. The van der Waals surface area contributed by atoms with Gasteiger partial charge in [0.2, 0.25) is 17.6 Å². The van der Waals surface area contributed by atoms with E-state index in [0.29, 0.717) is 30.3 Å². The molecule has 0 aliphatic carbocycles. The first kappa shape index (κ1) is 15.3. The van der Waals surface area contributed by atoms with Crippen LogP contribution in [0.5, 0.6) is 0 Å². The van der Waals surface area contributed by atoms with Crippen LogP contribution in [0.15, 0.2) is 27.3 Å². The lowest BCUT2D eigenvalue weighted by Crippen LogP contribution is -2.32. The van der Waals surface area contributed by atoms with Crippen molar-refractivity contribution in [3.05, 3.63) is 24.3 Å². The van der Waals surface area contributed by atoms with Gasteiger partial charge in [0.15, 0.2) is 5.76 Å². The van der Waals surface area contributed by atoms with Crippen molar-refractivity contribution in [2.45, 2.75) is 39.5 Å². The Bertz CT molecular complexity index is 542. The van der Waals surface area contributed by atoms with Crippen molar-refractivity contribution >= 4 is 5.91 Å². The highest BCUT2D eigenvalue weighted by atomic mass is 16.5. The molecule has 114 valence electrons. The molecule has 0 radical (unpaired) electrons. The summed E-state index contributed by atoms with van der Waals surface area (Å²) in [6.07, 6.45) is 4.34. The van der Waals surface area contributed by atoms with Gasteiger partial charge < -0.3 is 13.8 Å². The molecule has 0 saturated carbocycles. The van der Waals surface area contributed by atoms with Crippen LogP contribution in [-0.2, 0) is 11.2 Å². The number of hydrogen-bond donors (Lipinski definition) is 0. The fourth-order valence-corrected chi connectivity index (χ4v) is 2.14. The van der Waals surface area contributed by atoms with Gasteiger partial charge in [-0.15, -0.1) is 0 Å². The van der Waals surface area contributed by atoms with Gasteiger partial charge in [0.05, 0.1) is 6.26 Å². The first-order valence-corrected chi connectivity index (χ1v) is 7.38. The molecule has 6 heteroatoms. The maximum absolute atomic E-state index is 12.1. The van der Waals surface area contributed by atoms with Crippen LogP contribution in [-0.4, -0.2) is 34.0 Å². The van der Waals surface area contributed by atoms with E-state index in [9.17, 15) is 4.79 Å². The summed E-state index contributed by atoms with van der Waals surface area (Å²) in [4.78, 5) is 18.3. The van der Waals surface area contributed by atoms with Crippen LogP contribution in [0.1, 0.15) is 39.0 Å². The lowest BCUT2D eigenvalue weighted by Gasteiger charge is -2.20. The van der Waals surface area contributed by atoms with E-state index in [-0.39, 0.29) is 5.91 Å². The van der Waals surface area contributed by atoms with E-state index in [1.807, 2.05) is 4.90 Å². The van der Waals surface area contributed by atoms with Gasteiger partial charge >= 0.3 is 0 Å². The second kappa shape index (κ2) is 7.61. The predicted octanol–water partition coefficient (Wildman–Crippen LogP) is 2.91. The highest BCUT2D eigenvalue weighted by Gasteiger charge is 2.15. The van der Waals surface area contributed by atoms with E-state index in [0.717, 1.165) is 25.9 Å². The maximum Gasteiger partial charge on any atom is 0.238 e. The van der Waals surface area contributed by atoms with E-state index >= 15 is 0 Å². The minimum Gasteiger partial charge on any atom is -0.461 e. The van der Waals surface area contributed by atoms with Crippen molar-refractivity contribution in [1.29, 1.82) is 0 Å². The molecular weight excluding hydrogens is 270 g/mol. The van der Waals surface area contributed by atoms with E-state index < -0.39 is 0 Å². The summed E-state index contributed by atoms with van der Waals surface area (Å²) in [6, 6.07) is 3.53. The minimum atomic E-state index is 0.136. The first-order valence-electron chi connectivity index (χ1n) is 7.38. The number of rotatable bonds is 8. The molecule has 2 aromatic rings. The van der Waals surface area contributed by atoms with Crippen molar-refractivity contribution in [2.75, 3.05) is 13.1 Å². The van der Waals surface area contributed by atoms with Crippen molar-refractivity contribution in [1.82, 2.24) is 15.0 Å². The zero-order chi connectivity index (χ0) is 15.1. The highest BCUT2D eigenvalue weighted by Crippen LogP contribution is 2.16. The van der Waals surface area contributed by atoms with Crippen molar-refractivity contribution in [2.24, 2.45) is 0 Å². The third kappa shape index (κ3) is 4.18. The number of furan rings is 1. The zero-order valence-electron chi connectivity index (χ0n) is 12.5. The predicted molar refractivity (Wildman–Crippen MR) is 77.5 cm³/mol. The van der Waals surface area contributed by atoms with Crippen molar-refractivity contribution in [3.63, 3.8) is 0 Å². The van der Waals surface area contributed by atoms with Crippen LogP contribution in [0.25, 0.3) is 11.6 Å². The highest BCUT2D eigenvalue weighted by molar-refractivity contribution is 5.76. The van der Waals surface area contributed by atoms with Crippen molar-refractivity contribution < 1.29 is 13.7 Å². The van der Waals surface area contributed by atoms with Crippen LogP contribution in [0, 0.1) is 0 Å². The number of carbonyl (C=O) groups is 1. The zero-order valence-corrected chi connectivity index (χ0v) is 12.5. The first-order chi connectivity index (χ1) is 10.2. The van der Waals surface area contributed by atoms with Crippen LogP contribution in [0.4, 0.5) is 0 Å². The Morgan fingerprint density at radius 1 is 1.29 bits per heavy atom. The molecule has 0 saturated heterocycles. The molecule has 6 nitrogen and oxygen atoms in total. The summed E-state index contributed by atoms with van der Waals surface area (Å²) in [5.41, 5.74) is 0. The minimum absolute atomic E-state index is 0.136. The molecule has 0 spiro atoms. The Hall–Kier alpha value is -2.11. The molecule has 0 aliphatic heterocycles. The van der Waals surface area contributed by atoms with Gasteiger partial charge in [-0.05, 0) is 25.0 Å². The van der Waals surface area contributed by atoms with Crippen LogP contribution < -0.4 is 0 Å². The number of aryl methyl sites for hydroxylation is 1. The summed E-state index contributed by atoms with van der Waals surface area (Å²) in [5, 5.41) is 3.85. The summed E-state index contributed by atoms with van der Waals surface area (Å²) in [6.45, 7) is 5.75. The standard InChI is InChI=1S/C15H21N3O3/c1-3-9-18(10-4-2)14(19)8-7-13-16-15(17-21-13)12-6-5-11-20-12/h5-6,11H,3-4,7-10H2,1-2H3. The third-order valence-corrected chi connectivity index (χ3v) is 3.10. The normalized spacial score (nSPS) is 10.8. The average Bonchev–Trinajstić information content (AvgIpc) is 3.15. The lowest BCUT2D eigenvalue weighted by atomic mass is 10.2. The van der Waals surface area contributed by atoms with E-state index in [4.69, 9.17) is 8.94 Å². The average molecular weight is 291 g/mol. The molecule has 0 aliphatic rings. The molecule has 0 fully saturated rings. The number of aromatic nitrogens is 2. The molecule has 0 aromatic carbocycles. The smallest absolute Gasteiger partial charge is 0.238 e. The van der Waals surface area contributed by atoms with Gasteiger partial charge in [0, 0.05) is 25.9 Å². The molecule has 2 heterocycles. The van der Waals surface area contributed by atoms with Crippen molar-refractivity contribution in [3.8, 4) is 11.6 Å². The molecule has 0 N–H and O–H groups in total. The Balaban J connectivity index is 1.89. The van der Waals surface area contributed by atoms with Gasteiger partial charge in [-0.1, -0.05) is 19.0 Å². The number of carbonyl (C=O) groups excluding carboxylic acids is 1. The molecule has 2 rings (SSSR count). The number of amides is 1. The quantitative estimate of drug-likeness (QED) is 0.747. The molecule has 2 aromatic heterocycles. The van der Waals surface area contributed by atoms with Crippen LogP contribution in [0.3, 0.4) is 0 Å². The monoisotopic (exact) mass is 291 g/mol. The fourth-order valence-electron chi connectivity index (χ4n) is 2.14. The van der Waals surface area contributed by atoms with Gasteiger partial charge in [-0.25, -0.2) is 0 Å². The Morgan fingerprint density at radius 2 is 2.05 bits per heavy atom. The number of hydrogen-bond acceptors (Lipinski definition) is 5. The van der Waals surface area contributed by atoms with Gasteiger partial charge in [0.1, 0.15) is 0 Å². The van der Waals surface area contributed by atoms with Crippen LogP contribution in [0.2, 0.25) is 0 Å². The fraction of sp³-hybridized carbons (Fsp3) is 0.533. The van der Waals surface area contributed by atoms with Gasteiger partial charge in [0.25, 0.3) is 0 Å². The van der Waals surface area contributed by atoms with Gasteiger partial charge in [-0.2, -0.15) is 4.98 Å². The molecule has 0 bridgehead atoms. The summed E-state index contributed by atoms with van der Waals surface area (Å²) in [5.74, 6) is 1.58. The van der Waals surface area contributed by atoms with E-state index in [1.54, 1.807) is 18.4 Å². The van der Waals surface area contributed by atoms with E-state index in [1.165, 1.54) is 0 Å². The summed E-state index contributed by atoms with van der Waals surface area (Å²) < 4.78 is 10.3. The molecule has 0 unspecified atom stereocenters. The Labute approximate surface area is 124 Å². The second-order valence-corrected chi connectivity index (χ2v) is 4.87. The molecule has 1 amide bonds. The Morgan fingerprint density at radius 3 is 2.67 bits per heavy atom. The topological polar surface area (TPSA) is 72.4 Å². The third-order valence-electron chi connectivity index (χ3n) is 3.10. The SMILES string of the molecule is CCCN(CCC)C(=O)CCc1nc(-c2ccco2)no1. The number of nitrogens with zero attached hydrogens (tertiary/aromatic N) is 3. The Kier molecular flexibility index (Phi) is 5.54. The molecular formula is C15H21N3O3. The van der Waals surface area contributed by atoms with Gasteiger partial charge in [-0.3, -0.25) is 4.79 Å².